The molecular weight excluding hydrogens is 401 g/mol. The molecule has 0 unspecified atom stereocenters. The van der Waals surface area contributed by atoms with Gasteiger partial charge in [0.1, 0.15) is 5.82 Å². The van der Waals surface area contributed by atoms with Crippen molar-refractivity contribution >= 4 is 17.7 Å². The Bertz CT molecular complexity index is 1050. The van der Waals surface area contributed by atoms with Crippen LogP contribution >= 0.6 is 11.8 Å². The number of nitrogens with two attached hydrogens (primary N) is 1. The van der Waals surface area contributed by atoms with Crippen LogP contribution in [0, 0.1) is 5.82 Å². The molecule has 8 heteroatoms. The minimum Gasteiger partial charge on any atom is -0.348 e. The van der Waals surface area contributed by atoms with Crippen molar-refractivity contribution in [3.8, 4) is 0 Å². The number of aromatic nitrogens is 3. The summed E-state index contributed by atoms with van der Waals surface area (Å²) in [6, 6.07) is 14.8. The van der Waals surface area contributed by atoms with E-state index < -0.39 is 5.25 Å². The number of nitrogen functional groups attached to an aromatic ring is 1. The molecule has 0 bridgehead atoms. The summed E-state index contributed by atoms with van der Waals surface area (Å²) in [4.78, 5) is 12.8. The van der Waals surface area contributed by atoms with Crippen LogP contribution in [-0.4, -0.2) is 26.0 Å². The van der Waals surface area contributed by atoms with Gasteiger partial charge in [0.05, 0.1) is 11.3 Å². The van der Waals surface area contributed by atoms with E-state index in [1.807, 2.05) is 19.1 Å². The van der Waals surface area contributed by atoms with E-state index in [0.717, 1.165) is 19.3 Å². The molecule has 3 aromatic rings. The SMILES string of the molecule is C[C@@H](Sc1nnc(Cc2ccccc2F)n1N)C(=O)N[C@@H]1CCCc2ccccc21. The van der Waals surface area contributed by atoms with E-state index in [4.69, 9.17) is 5.84 Å². The van der Waals surface area contributed by atoms with Gasteiger partial charge in [-0.3, -0.25) is 4.79 Å². The van der Waals surface area contributed by atoms with Gasteiger partial charge in [-0.1, -0.05) is 54.2 Å². The maximum Gasteiger partial charge on any atom is 0.233 e. The van der Waals surface area contributed by atoms with Gasteiger partial charge in [0.2, 0.25) is 11.1 Å². The minimum absolute atomic E-state index is 0.0258. The number of rotatable bonds is 6. The van der Waals surface area contributed by atoms with Gasteiger partial charge in [-0.05, 0) is 48.9 Å². The number of fused-ring (bicyclic) bond motifs is 1. The van der Waals surface area contributed by atoms with E-state index in [-0.39, 0.29) is 24.2 Å². The maximum atomic E-state index is 13.9. The Morgan fingerprint density at radius 1 is 1.27 bits per heavy atom. The molecule has 0 radical (unpaired) electrons. The van der Waals surface area contributed by atoms with Gasteiger partial charge in [0.25, 0.3) is 0 Å². The number of nitrogens with zero attached hydrogens (tertiary/aromatic N) is 3. The highest BCUT2D eigenvalue weighted by molar-refractivity contribution is 8.00. The fourth-order valence-electron chi connectivity index (χ4n) is 3.72. The molecule has 1 aromatic heterocycles. The van der Waals surface area contributed by atoms with Crippen molar-refractivity contribution in [2.75, 3.05) is 5.84 Å². The first-order valence-electron chi connectivity index (χ1n) is 10.0. The summed E-state index contributed by atoms with van der Waals surface area (Å²) in [5.41, 5.74) is 2.99. The number of halogens is 1. The van der Waals surface area contributed by atoms with E-state index in [1.165, 1.54) is 33.6 Å². The Morgan fingerprint density at radius 2 is 2.03 bits per heavy atom. The molecule has 1 aliphatic carbocycles. The summed E-state index contributed by atoms with van der Waals surface area (Å²) in [6.45, 7) is 1.82. The third-order valence-corrected chi connectivity index (χ3v) is 6.44. The average molecular weight is 426 g/mol. The predicted octanol–water partition coefficient (Wildman–Crippen LogP) is 3.40. The standard InChI is InChI=1S/C22H24FN5OS/c1-14(21(29)25-19-12-6-9-15-7-2-4-10-17(15)19)30-22-27-26-20(28(22)24)13-16-8-3-5-11-18(16)23/h2-5,7-8,10-11,14,19H,6,9,12-13,24H2,1H3,(H,25,29)/t14-,19-/m1/s1. The summed E-state index contributed by atoms with van der Waals surface area (Å²) in [5, 5.41) is 11.4. The summed E-state index contributed by atoms with van der Waals surface area (Å²) < 4.78 is 15.2. The molecule has 0 saturated carbocycles. The molecule has 1 heterocycles. The van der Waals surface area contributed by atoms with E-state index in [2.05, 4.69) is 27.6 Å². The smallest absolute Gasteiger partial charge is 0.233 e. The van der Waals surface area contributed by atoms with Gasteiger partial charge in [-0.25, -0.2) is 9.07 Å². The molecule has 2 aromatic carbocycles. The van der Waals surface area contributed by atoms with Gasteiger partial charge < -0.3 is 11.2 Å². The third kappa shape index (κ3) is 4.33. The molecule has 0 fully saturated rings. The van der Waals surface area contributed by atoms with Crippen LogP contribution in [0.5, 0.6) is 0 Å². The van der Waals surface area contributed by atoms with E-state index in [0.29, 0.717) is 16.5 Å². The molecule has 30 heavy (non-hydrogen) atoms. The van der Waals surface area contributed by atoms with Gasteiger partial charge in [0, 0.05) is 6.42 Å². The average Bonchev–Trinajstić information content (AvgIpc) is 3.09. The molecule has 1 aliphatic rings. The van der Waals surface area contributed by atoms with E-state index >= 15 is 0 Å². The molecule has 1 amide bonds. The zero-order valence-electron chi connectivity index (χ0n) is 16.7. The largest absolute Gasteiger partial charge is 0.348 e. The third-order valence-electron chi connectivity index (χ3n) is 5.38. The quantitative estimate of drug-likeness (QED) is 0.467. The van der Waals surface area contributed by atoms with Crippen molar-refractivity contribution in [2.45, 2.75) is 49.1 Å². The predicted molar refractivity (Wildman–Crippen MR) is 115 cm³/mol. The number of nitrogens with one attached hydrogen (secondary N) is 1. The van der Waals surface area contributed by atoms with Crippen molar-refractivity contribution in [2.24, 2.45) is 0 Å². The summed E-state index contributed by atoms with van der Waals surface area (Å²) in [7, 11) is 0. The van der Waals surface area contributed by atoms with Crippen LogP contribution in [0.15, 0.2) is 53.7 Å². The number of carbonyl (C=O) groups excluding carboxylic acids is 1. The summed E-state index contributed by atoms with van der Waals surface area (Å²) in [5.74, 6) is 6.18. The number of hydrogen-bond donors (Lipinski definition) is 2. The highest BCUT2D eigenvalue weighted by Gasteiger charge is 2.25. The Kier molecular flexibility index (Phi) is 6.03. The van der Waals surface area contributed by atoms with Gasteiger partial charge in [-0.15, -0.1) is 10.2 Å². The Morgan fingerprint density at radius 3 is 2.87 bits per heavy atom. The van der Waals surface area contributed by atoms with Crippen LogP contribution in [-0.2, 0) is 17.6 Å². The molecule has 0 spiro atoms. The highest BCUT2D eigenvalue weighted by Crippen LogP contribution is 2.30. The van der Waals surface area contributed by atoms with Crippen LogP contribution in [0.25, 0.3) is 0 Å². The second-order valence-corrected chi connectivity index (χ2v) is 8.76. The topological polar surface area (TPSA) is 85.8 Å². The van der Waals surface area contributed by atoms with E-state index in [1.54, 1.807) is 18.2 Å². The molecule has 0 aliphatic heterocycles. The second kappa shape index (κ2) is 8.87. The van der Waals surface area contributed by atoms with Crippen molar-refractivity contribution in [3.05, 3.63) is 76.9 Å². The monoisotopic (exact) mass is 425 g/mol. The van der Waals surface area contributed by atoms with Crippen molar-refractivity contribution < 1.29 is 9.18 Å². The molecule has 0 saturated heterocycles. The lowest BCUT2D eigenvalue weighted by molar-refractivity contribution is -0.121. The lowest BCUT2D eigenvalue weighted by Crippen LogP contribution is -2.36. The Balaban J connectivity index is 1.41. The normalized spacial score (nSPS) is 16.7. The highest BCUT2D eigenvalue weighted by atomic mass is 32.2. The first kappa shape index (κ1) is 20.4. The molecule has 4 rings (SSSR count). The van der Waals surface area contributed by atoms with Gasteiger partial charge in [-0.2, -0.15) is 0 Å². The van der Waals surface area contributed by atoms with Crippen molar-refractivity contribution in [1.29, 1.82) is 0 Å². The number of benzene rings is 2. The molecule has 2 atom stereocenters. The Labute approximate surface area is 179 Å². The van der Waals surface area contributed by atoms with Gasteiger partial charge in [0.15, 0.2) is 5.82 Å². The maximum absolute atomic E-state index is 13.9. The van der Waals surface area contributed by atoms with Crippen molar-refractivity contribution in [3.63, 3.8) is 0 Å². The van der Waals surface area contributed by atoms with E-state index in [9.17, 15) is 9.18 Å². The molecule has 156 valence electrons. The summed E-state index contributed by atoms with van der Waals surface area (Å²) in [6.07, 6.45) is 3.27. The second-order valence-electron chi connectivity index (χ2n) is 7.45. The first-order chi connectivity index (χ1) is 14.5. The number of aryl methyl sites for hydroxylation is 1. The lowest BCUT2D eigenvalue weighted by Gasteiger charge is -2.27. The first-order valence-corrected chi connectivity index (χ1v) is 10.9. The number of carbonyl (C=O) groups is 1. The number of hydrogen-bond acceptors (Lipinski definition) is 5. The Hall–Kier alpha value is -2.87. The van der Waals surface area contributed by atoms with Gasteiger partial charge >= 0.3 is 0 Å². The van der Waals surface area contributed by atoms with Crippen LogP contribution in [0.1, 0.15) is 48.3 Å². The number of amides is 1. The molecular formula is C22H24FN5OS. The van der Waals surface area contributed by atoms with Crippen molar-refractivity contribution in [1.82, 2.24) is 20.2 Å². The van der Waals surface area contributed by atoms with Crippen LogP contribution in [0.3, 0.4) is 0 Å². The van der Waals surface area contributed by atoms with Crippen LogP contribution < -0.4 is 11.2 Å². The lowest BCUT2D eigenvalue weighted by atomic mass is 9.88. The van der Waals surface area contributed by atoms with Crippen LogP contribution in [0.2, 0.25) is 0 Å². The summed E-state index contributed by atoms with van der Waals surface area (Å²) >= 11 is 1.24. The van der Waals surface area contributed by atoms with Crippen LogP contribution in [0.4, 0.5) is 4.39 Å². The minimum atomic E-state index is -0.396. The fraction of sp³-hybridized carbons (Fsp3) is 0.318. The number of thioether (sulfide) groups is 1. The molecule has 3 N–H and O–H groups in total. The zero-order chi connectivity index (χ0) is 21.1. The molecule has 6 nitrogen and oxygen atoms in total. The fourth-order valence-corrected chi connectivity index (χ4v) is 4.52. The zero-order valence-corrected chi connectivity index (χ0v) is 17.5.